The molecule has 0 bridgehead atoms. The number of benzene rings is 1. The van der Waals surface area contributed by atoms with Gasteiger partial charge < -0.3 is 5.73 Å². The highest BCUT2D eigenvalue weighted by Gasteiger charge is 2.19. The molecule has 2 N–H and O–H groups in total. The molecule has 3 rings (SSSR count). The Balaban J connectivity index is 2.12. The minimum atomic E-state index is -0.418. The van der Waals surface area contributed by atoms with Crippen LogP contribution in [0.3, 0.4) is 0 Å². The summed E-state index contributed by atoms with van der Waals surface area (Å²) in [7, 11) is 1.47. The normalized spacial score (nSPS) is 11.0. The zero-order valence-electron chi connectivity index (χ0n) is 15.2. The Hall–Kier alpha value is -2.67. The van der Waals surface area contributed by atoms with E-state index in [1.807, 2.05) is 24.4 Å². The van der Waals surface area contributed by atoms with E-state index in [4.69, 9.17) is 5.73 Å². The first-order chi connectivity index (χ1) is 12.5. The van der Waals surface area contributed by atoms with E-state index in [1.165, 1.54) is 28.5 Å². The summed E-state index contributed by atoms with van der Waals surface area (Å²) in [5.41, 5.74) is 8.40. The number of nitrogens with zero attached hydrogens (tertiary/aromatic N) is 3. The van der Waals surface area contributed by atoms with Crippen LogP contribution in [-0.2, 0) is 20.0 Å². The van der Waals surface area contributed by atoms with Gasteiger partial charge in [0, 0.05) is 24.5 Å². The van der Waals surface area contributed by atoms with Gasteiger partial charge in [-0.3, -0.25) is 13.9 Å². The lowest BCUT2D eigenvalue weighted by Crippen LogP contribution is -2.40. The van der Waals surface area contributed by atoms with Crippen LogP contribution >= 0.6 is 11.3 Å². The molecule has 1 aromatic carbocycles. The third kappa shape index (κ3) is 3.10. The van der Waals surface area contributed by atoms with Crippen molar-refractivity contribution in [2.24, 2.45) is 7.05 Å². The lowest BCUT2D eigenvalue weighted by atomic mass is 10.1. The fraction of sp³-hybridized carbons (Fsp3) is 0.316. The molecular weight excluding hydrogens is 348 g/mol. The van der Waals surface area contributed by atoms with Crippen LogP contribution < -0.4 is 17.0 Å². The van der Waals surface area contributed by atoms with Gasteiger partial charge in [-0.25, -0.2) is 9.78 Å². The van der Waals surface area contributed by atoms with Gasteiger partial charge in [-0.05, 0) is 18.4 Å². The van der Waals surface area contributed by atoms with E-state index in [0.29, 0.717) is 12.2 Å². The smallest absolute Gasteiger partial charge is 0.332 e. The second-order valence-corrected chi connectivity index (χ2v) is 7.01. The maximum absolute atomic E-state index is 12.6. The number of aryl methyl sites for hydroxylation is 1. The van der Waals surface area contributed by atoms with Crippen LogP contribution in [0.5, 0.6) is 0 Å². The summed E-state index contributed by atoms with van der Waals surface area (Å²) in [5.74, 6) is 0.179. The molecule has 7 heteroatoms. The molecule has 0 aliphatic rings. The van der Waals surface area contributed by atoms with E-state index < -0.39 is 11.2 Å². The third-order valence-corrected chi connectivity index (χ3v) is 5.29. The van der Waals surface area contributed by atoms with Gasteiger partial charge >= 0.3 is 5.69 Å². The Morgan fingerprint density at radius 2 is 1.85 bits per heavy atom. The number of nitrogen functional groups attached to an aromatic ring is 1. The van der Waals surface area contributed by atoms with Gasteiger partial charge in [-0.15, -0.1) is 11.3 Å². The molecule has 0 radical (unpaired) electrons. The Morgan fingerprint density at radius 3 is 2.46 bits per heavy atom. The van der Waals surface area contributed by atoms with Crippen LogP contribution in [0.15, 0.2) is 39.2 Å². The monoisotopic (exact) mass is 370 g/mol. The Kier molecular flexibility index (Phi) is 5.08. The van der Waals surface area contributed by atoms with Crippen molar-refractivity contribution in [2.75, 3.05) is 5.73 Å². The summed E-state index contributed by atoms with van der Waals surface area (Å²) >= 11 is 1.46. The average molecular weight is 370 g/mol. The quantitative estimate of drug-likeness (QED) is 0.748. The zero-order chi connectivity index (χ0) is 18.8. The largest absolute Gasteiger partial charge is 0.384 e. The van der Waals surface area contributed by atoms with Crippen molar-refractivity contribution in [1.82, 2.24) is 14.1 Å². The van der Waals surface area contributed by atoms with Crippen LogP contribution in [0.1, 0.15) is 25.8 Å². The molecule has 0 aliphatic carbocycles. The standard InChI is InChI=1S/C19H22N4O2S/c1-4-10-23-16(20)15(18(24)22(3)19(23)25)14-11-26-17(21-14)13-8-6-12(5-2)7-9-13/h6-9,11H,4-5,10,20H2,1-3H3. The van der Waals surface area contributed by atoms with Crippen LogP contribution in [0.25, 0.3) is 21.8 Å². The molecule has 26 heavy (non-hydrogen) atoms. The molecule has 0 atom stereocenters. The fourth-order valence-corrected chi connectivity index (χ4v) is 3.68. The van der Waals surface area contributed by atoms with Gasteiger partial charge in [0.15, 0.2) is 0 Å². The van der Waals surface area contributed by atoms with Gasteiger partial charge in [-0.1, -0.05) is 38.1 Å². The van der Waals surface area contributed by atoms with Crippen molar-refractivity contribution in [3.63, 3.8) is 0 Å². The lowest BCUT2D eigenvalue weighted by Gasteiger charge is -2.13. The number of anilines is 1. The maximum Gasteiger partial charge on any atom is 0.332 e. The van der Waals surface area contributed by atoms with E-state index in [9.17, 15) is 9.59 Å². The minimum Gasteiger partial charge on any atom is -0.384 e. The highest BCUT2D eigenvalue weighted by Crippen LogP contribution is 2.29. The Morgan fingerprint density at radius 1 is 1.15 bits per heavy atom. The Labute approximate surface area is 155 Å². The van der Waals surface area contributed by atoms with Gasteiger partial charge in [0.2, 0.25) is 0 Å². The number of hydrogen-bond acceptors (Lipinski definition) is 5. The maximum atomic E-state index is 12.6. The van der Waals surface area contributed by atoms with E-state index in [0.717, 1.165) is 28.0 Å². The Bertz CT molecular complexity index is 1040. The van der Waals surface area contributed by atoms with Crippen molar-refractivity contribution in [2.45, 2.75) is 33.2 Å². The molecule has 0 saturated heterocycles. The number of hydrogen-bond donors (Lipinski definition) is 1. The van der Waals surface area contributed by atoms with E-state index in [1.54, 1.807) is 0 Å². The van der Waals surface area contributed by atoms with Crippen molar-refractivity contribution < 1.29 is 0 Å². The van der Waals surface area contributed by atoms with Gasteiger partial charge in [0.05, 0.1) is 5.69 Å². The van der Waals surface area contributed by atoms with Crippen LogP contribution in [0, 0.1) is 0 Å². The molecule has 2 aromatic heterocycles. The lowest BCUT2D eigenvalue weighted by molar-refractivity contribution is 0.600. The second kappa shape index (κ2) is 7.29. The molecule has 2 heterocycles. The van der Waals surface area contributed by atoms with E-state index >= 15 is 0 Å². The molecule has 0 amide bonds. The van der Waals surface area contributed by atoms with Gasteiger partial charge in [0.25, 0.3) is 5.56 Å². The van der Waals surface area contributed by atoms with Crippen molar-refractivity contribution in [3.8, 4) is 21.8 Å². The van der Waals surface area contributed by atoms with Gasteiger partial charge in [0.1, 0.15) is 16.4 Å². The average Bonchev–Trinajstić information content (AvgIpc) is 3.13. The first kappa shape index (κ1) is 18.1. The summed E-state index contributed by atoms with van der Waals surface area (Å²) in [6.07, 6.45) is 1.72. The van der Waals surface area contributed by atoms with Crippen LogP contribution in [0.4, 0.5) is 5.82 Å². The number of nitrogens with two attached hydrogens (primary N) is 1. The molecular formula is C19H22N4O2S. The number of thiazole rings is 1. The first-order valence-corrected chi connectivity index (χ1v) is 9.50. The molecule has 3 aromatic rings. The summed E-state index contributed by atoms with van der Waals surface area (Å²) in [5, 5.41) is 2.63. The highest BCUT2D eigenvalue weighted by atomic mass is 32.1. The molecule has 0 spiro atoms. The van der Waals surface area contributed by atoms with Crippen molar-refractivity contribution in [3.05, 3.63) is 56.0 Å². The summed E-state index contributed by atoms with van der Waals surface area (Å²) < 4.78 is 2.53. The number of rotatable bonds is 5. The minimum absolute atomic E-state index is 0.179. The van der Waals surface area contributed by atoms with E-state index in [2.05, 4.69) is 24.0 Å². The molecule has 0 saturated carbocycles. The highest BCUT2D eigenvalue weighted by molar-refractivity contribution is 7.13. The molecule has 6 nitrogen and oxygen atoms in total. The zero-order valence-corrected chi connectivity index (χ0v) is 16.0. The summed E-state index contributed by atoms with van der Waals surface area (Å²) in [6, 6.07) is 8.21. The van der Waals surface area contributed by atoms with E-state index in [-0.39, 0.29) is 11.4 Å². The van der Waals surface area contributed by atoms with Crippen molar-refractivity contribution >= 4 is 17.2 Å². The van der Waals surface area contributed by atoms with Crippen LogP contribution in [0.2, 0.25) is 0 Å². The topological polar surface area (TPSA) is 82.9 Å². The summed E-state index contributed by atoms with van der Waals surface area (Å²) in [6.45, 7) is 4.53. The van der Waals surface area contributed by atoms with Gasteiger partial charge in [-0.2, -0.15) is 0 Å². The SMILES string of the molecule is CCCn1c(N)c(-c2csc(-c3ccc(CC)cc3)n2)c(=O)n(C)c1=O. The summed E-state index contributed by atoms with van der Waals surface area (Å²) in [4.78, 5) is 29.5. The molecule has 136 valence electrons. The number of aromatic nitrogens is 3. The first-order valence-electron chi connectivity index (χ1n) is 8.62. The van der Waals surface area contributed by atoms with Crippen LogP contribution in [-0.4, -0.2) is 14.1 Å². The second-order valence-electron chi connectivity index (χ2n) is 6.15. The molecule has 0 unspecified atom stereocenters. The predicted molar refractivity (Wildman–Crippen MR) is 107 cm³/mol. The van der Waals surface area contributed by atoms with Crippen molar-refractivity contribution in [1.29, 1.82) is 0 Å². The molecule has 0 aliphatic heterocycles. The predicted octanol–water partition coefficient (Wildman–Crippen LogP) is 2.89. The third-order valence-electron chi connectivity index (χ3n) is 4.40. The fourth-order valence-electron chi connectivity index (χ4n) is 2.87. The molecule has 0 fully saturated rings.